The minimum Gasteiger partial charge on any atom is -0.465 e. The molecule has 0 amide bonds. The Kier molecular flexibility index (Phi) is 6.58. The lowest BCUT2D eigenvalue weighted by Crippen LogP contribution is -2.26. The van der Waals surface area contributed by atoms with Gasteiger partial charge in [-0.3, -0.25) is 9.59 Å². The maximum absolute atomic E-state index is 12.2. The van der Waals surface area contributed by atoms with Gasteiger partial charge in [0.2, 0.25) is 0 Å². The van der Waals surface area contributed by atoms with Gasteiger partial charge >= 0.3 is 18.6 Å². The van der Waals surface area contributed by atoms with E-state index in [0.717, 1.165) is 0 Å². The highest BCUT2D eigenvalue weighted by Crippen LogP contribution is 2.24. The van der Waals surface area contributed by atoms with Crippen LogP contribution < -0.4 is 4.74 Å². The Labute approximate surface area is 120 Å². The lowest BCUT2D eigenvalue weighted by Gasteiger charge is -2.15. The van der Waals surface area contributed by atoms with Crippen LogP contribution in [0.2, 0.25) is 0 Å². The van der Waals surface area contributed by atoms with Crippen molar-refractivity contribution in [3.05, 3.63) is 29.8 Å². The van der Waals surface area contributed by atoms with Gasteiger partial charge in [-0.25, -0.2) is 0 Å². The summed E-state index contributed by atoms with van der Waals surface area (Å²) in [6.45, 7) is 0.362. The number of esters is 2. The van der Waals surface area contributed by atoms with Crippen LogP contribution in [0.3, 0.4) is 0 Å². The first-order valence-electron chi connectivity index (χ1n) is 6.37. The first-order valence-corrected chi connectivity index (χ1v) is 6.37. The molecular weight excluding hydrogens is 286 g/mol. The first-order chi connectivity index (χ1) is 9.99. The van der Waals surface area contributed by atoms with Crippen LogP contribution in [0, 0.1) is 0 Å². The van der Waals surface area contributed by atoms with Crippen molar-refractivity contribution < 1.29 is 32.6 Å². The number of alkyl halides is 2. The molecule has 0 spiro atoms. The summed E-state index contributed by atoms with van der Waals surface area (Å²) in [5, 5.41) is 0. The Hall–Kier alpha value is -2.18. The maximum Gasteiger partial charge on any atom is 0.387 e. The van der Waals surface area contributed by atoms with E-state index in [1.54, 1.807) is 13.8 Å². The molecule has 0 aliphatic rings. The molecule has 0 heterocycles. The molecule has 0 aliphatic heterocycles. The summed E-state index contributed by atoms with van der Waals surface area (Å²) >= 11 is 0. The number of benzene rings is 1. The lowest BCUT2D eigenvalue weighted by molar-refractivity contribution is -0.156. The number of carbonyl (C=O) groups excluding carboxylic acids is 2. The average Bonchev–Trinajstić information content (AvgIpc) is 2.39. The van der Waals surface area contributed by atoms with Crippen molar-refractivity contribution in [1.29, 1.82) is 0 Å². The fraction of sp³-hybridized carbons (Fsp3) is 0.429. The van der Waals surface area contributed by atoms with E-state index in [9.17, 15) is 18.4 Å². The van der Waals surface area contributed by atoms with E-state index in [1.165, 1.54) is 24.3 Å². The van der Waals surface area contributed by atoms with Crippen LogP contribution in [0.5, 0.6) is 5.75 Å². The minimum atomic E-state index is -3.00. The van der Waals surface area contributed by atoms with Crippen molar-refractivity contribution in [2.45, 2.75) is 26.4 Å². The van der Waals surface area contributed by atoms with Crippen LogP contribution in [-0.4, -0.2) is 31.8 Å². The maximum atomic E-state index is 12.2. The highest BCUT2D eigenvalue weighted by atomic mass is 19.3. The van der Waals surface area contributed by atoms with Crippen molar-refractivity contribution in [2.75, 3.05) is 13.2 Å². The predicted molar refractivity (Wildman–Crippen MR) is 69.1 cm³/mol. The smallest absolute Gasteiger partial charge is 0.387 e. The zero-order chi connectivity index (χ0) is 15.8. The van der Waals surface area contributed by atoms with Crippen molar-refractivity contribution in [2.24, 2.45) is 0 Å². The van der Waals surface area contributed by atoms with Gasteiger partial charge in [0.05, 0.1) is 13.2 Å². The molecule has 0 radical (unpaired) electrons. The normalized spacial score (nSPS) is 10.6. The molecule has 0 fully saturated rings. The van der Waals surface area contributed by atoms with Crippen LogP contribution in [0.15, 0.2) is 24.3 Å². The molecule has 0 aliphatic carbocycles. The Morgan fingerprint density at radius 2 is 1.67 bits per heavy atom. The molecule has 0 bridgehead atoms. The molecule has 0 N–H and O–H groups in total. The Morgan fingerprint density at radius 1 is 1.10 bits per heavy atom. The largest absolute Gasteiger partial charge is 0.465 e. The van der Waals surface area contributed by atoms with E-state index < -0.39 is 24.5 Å². The van der Waals surface area contributed by atoms with Gasteiger partial charge in [-0.1, -0.05) is 12.1 Å². The zero-order valence-corrected chi connectivity index (χ0v) is 11.7. The van der Waals surface area contributed by atoms with Crippen LogP contribution >= 0.6 is 0 Å². The van der Waals surface area contributed by atoms with Crippen LogP contribution in [0.25, 0.3) is 0 Å². The van der Waals surface area contributed by atoms with Gasteiger partial charge in [0.15, 0.2) is 5.92 Å². The number of rotatable bonds is 7. The van der Waals surface area contributed by atoms with Crippen LogP contribution in [-0.2, 0) is 19.1 Å². The molecule has 7 heteroatoms. The van der Waals surface area contributed by atoms with E-state index >= 15 is 0 Å². The van der Waals surface area contributed by atoms with E-state index in [2.05, 4.69) is 4.74 Å². The van der Waals surface area contributed by atoms with E-state index in [0.29, 0.717) is 0 Å². The van der Waals surface area contributed by atoms with Crippen LogP contribution in [0.4, 0.5) is 8.78 Å². The summed E-state index contributed by atoms with van der Waals surface area (Å²) in [6, 6.07) is 5.32. The molecule has 0 atom stereocenters. The van der Waals surface area contributed by atoms with Crippen molar-refractivity contribution in [3.8, 4) is 5.75 Å². The molecule has 1 rings (SSSR count). The molecular formula is C14H16F2O5. The zero-order valence-electron chi connectivity index (χ0n) is 11.7. The van der Waals surface area contributed by atoms with Gasteiger partial charge in [0.25, 0.3) is 0 Å². The second-order valence-corrected chi connectivity index (χ2v) is 3.89. The molecule has 1 aromatic carbocycles. The highest BCUT2D eigenvalue weighted by molar-refractivity contribution is 6.00. The third-order valence-electron chi connectivity index (χ3n) is 2.46. The van der Waals surface area contributed by atoms with Crippen molar-refractivity contribution in [1.82, 2.24) is 0 Å². The minimum absolute atomic E-state index is 0.0853. The quantitative estimate of drug-likeness (QED) is 0.572. The monoisotopic (exact) mass is 302 g/mol. The summed E-state index contributed by atoms with van der Waals surface area (Å²) < 4.78 is 38.3. The number of hydrogen-bond donors (Lipinski definition) is 0. The number of hydrogen-bond acceptors (Lipinski definition) is 5. The summed E-state index contributed by atoms with van der Waals surface area (Å²) in [6.07, 6.45) is 0. The fourth-order valence-electron chi connectivity index (χ4n) is 1.69. The highest BCUT2D eigenvalue weighted by Gasteiger charge is 2.31. The lowest BCUT2D eigenvalue weighted by atomic mass is 9.99. The fourth-order valence-corrected chi connectivity index (χ4v) is 1.69. The van der Waals surface area contributed by atoms with Gasteiger partial charge in [0, 0.05) is 0 Å². The van der Waals surface area contributed by atoms with E-state index in [-0.39, 0.29) is 24.5 Å². The molecule has 0 aromatic heterocycles. The molecule has 5 nitrogen and oxygen atoms in total. The van der Waals surface area contributed by atoms with Gasteiger partial charge in [-0.05, 0) is 31.5 Å². The third kappa shape index (κ3) is 5.02. The van der Waals surface area contributed by atoms with Crippen LogP contribution in [0.1, 0.15) is 25.3 Å². The Morgan fingerprint density at radius 3 is 2.14 bits per heavy atom. The Balaban J connectivity index is 3.07. The molecule has 116 valence electrons. The second-order valence-electron chi connectivity index (χ2n) is 3.89. The second kappa shape index (κ2) is 8.18. The van der Waals surface area contributed by atoms with Gasteiger partial charge in [0.1, 0.15) is 5.75 Å². The third-order valence-corrected chi connectivity index (χ3v) is 2.46. The topological polar surface area (TPSA) is 61.8 Å². The van der Waals surface area contributed by atoms with E-state index in [1.807, 2.05) is 0 Å². The average molecular weight is 302 g/mol. The van der Waals surface area contributed by atoms with Crippen molar-refractivity contribution in [3.63, 3.8) is 0 Å². The van der Waals surface area contributed by atoms with Gasteiger partial charge in [-0.15, -0.1) is 0 Å². The first kappa shape index (κ1) is 16.9. The number of halogens is 2. The van der Waals surface area contributed by atoms with Gasteiger partial charge < -0.3 is 14.2 Å². The van der Waals surface area contributed by atoms with Crippen molar-refractivity contribution >= 4 is 11.9 Å². The number of ether oxygens (including phenoxy) is 3. The molecule has 21 heavy (non-hydrogen) atoms. The molecule has 0 unspecified atom stereocenters. The molecule has 0 saturated carbocycles. The molecule has 1 aromatic rings. The Bertz CT molecular complexity index is 472. The van der Waals surface area contributed by atoms with E-state index in [4.69, 9.17) is 9.47 Å². The summed E-state index contributed by atoms with van der Waals surface area (Å²) in [4.78, 5) is 23.8. The summed E-state index contributed by atoms with van der Waals surface area (Å²) in [7, 11) is 0. The standard InChI is InChI=1S/C14H16F2O5/c1-3-19-12(17)11(13(18)20-4-2)9-6-5-7-10(8-9)21-14(15)16/h5-8,11,14H,3-4H2,1-2H3. The van der Waals surface area contributed by atoms with Gasteiger partial charge in [-0.2, -0.15) is 8.78 Å². The summed E-state index contributed by atoms with van der Waals surface area (Å²) in [5.74, 6) is -3.08. The SMILES string of the molecule is CCOC(=O)C(C(=O)OCC)c1cccc(OC(F)F)c1. The predicted octanol–water partition coefficient (Wildman–Crippen LogP) is 2.50. The summed E-state index contributed by atoms with van der Waals surface area (Å²) in [5.41, 5.74) is 0.171. The molecule has 0 saturated heterocycles. The number of carbonyl (C=O) groups is 2.